The lowest BCUT2D eigenvalue weighted by Gasteiger charge is -2.26. The summed E-state index contributed by atoms with van der Waals surface area (Å²) in [5, 5.41) is 11.6. The Morgan fingerprint density at radius 1 is 1.37 bits per heavy atom. The molecule has 1 amide bonds. The minimum Gasteiger partial charge on any atom is -0.478 e. The molecule has 1 aromatic rings. The van der Waals surface area contributed by atoms with Crippen molar-refractivity contribution in [2.24, 2.45) is 0 Å². The lowest BCUT2D eigenvalue weighted by molar-refractivity contribution is -0.131. The lowest BCUT2D eigenvalue weighted by Crippen LogP contribution is -2.39. The summed E-state index contributed by atoms with van der Waals surface area (Å²) < 4.78 is 0. The van der Waals surface area contributed by atoms with Crippen molar-refractivity contribution in [2.75, 3.05) is 0 Å². The van der Waals surface area contributed by atoms with E-state index in [0.717, 1.165) is 30.0 Å². The van der Waals surface area contributed by atoms with Crippen LogP contribution in [0.5, 0.6) is 0 Å². The number of carboxylic acids is 1. The number of hydrogen-bond donors (Lipinski definition) is 2. The van der Waals surface area contributed by atoms with Gasteiger partial charge in [0.1, 0.15) is 0 Å². The molecule has 19 heavy (non-hydrogen) atoms. The van der Waals surface area contributed by atoms with E-state index in [-0.39, 0.29) is 5.91 Å². The average molecular weight is 259 g/mol. The van der Waals surface area contributed by atoms with Gasteiger partial charge >= 0.3 is 5.97 Å². The highest BCUT2D eigenvalue weighted by atomic mass is 16.4. The van der Waals surface area contributed by atoms with Gasteiger partial charge in [-0.25, -0.2) is 4.79 Å². The maximum atomic E-state index is 12.1. The predicted molar refractivity (Wildman–Crippen MR) is 73.0 cm³/mol. The largest absolute Gasteiger partial charge is 0.478 e. The molecule has 1 fully saturated rings. The summed E-state index contributed by atoms with van der Waals surface area (Å²) >= 11 is 0. The quantitative estimate of drug-likeness (QED) is 0.816. The molecule has 2 N–H and O–H groups in total. The fourth-order valence-electron chi connectivity index (χ4n) is 2.06. The van der Waals surface area contributed by atoms with E-state index >= 15 is 0 Å². The second-order valence-corrected chi connectivity index (χ2v) is 4.79. The molecule has 2 rings (SSSR count). The summed E-state index contributed by atoms with van der Waals surface area (Å²) in [5.41, 5.74) is 2.17. The van der Waals surface area contributed by atoms with Gasteiger partial charge in [0.05, 0.1) is 0 Å². The normalized spacial score (nSPS) is 15.2. The molecule has 0 saturated heterocycles. The molecular formula is C15H17NO3. The Hall–Kier alpha value is -2.10. The first-order valence-corrected chi connectivity index (χ1v) is 6.39. The van der Waals surface area contributed by atoms with Crippen molar-refractivity contribution in [3.05, 3.63) is 41.0 Å². The summed E-state index contributed by atoms with van der Waals surface area (Å²) in [4.78, 5) is 22.6. The second-order valence-electron chi connectivity index (χ2n) is 4.79. The average Bonchev–Trinajstić information content (AvgIpc) is 2.32. The fraction of sp³-hybridized carbons (Fsp3) is 0.333. The van der Waals surface area contributed by atoms with Gasteiger partial charge < -0.3 is 10.4 Å². The van der Waals surface area contributed by atoms with Crippen LogP contribution in [0.25, 0.3) is 6.08 Å². The lowest BCUT2D eigenvalue weighted by atomic mass is 9.92. The van der Waals surface area contributed by atoms with Gasteiger partial charge in [-0.15, -0.1) is 0 Å². The number of aliphatic carboxylic acids is 1. The number of carboxylic acid groups (broad SMARTS) is 1. The van der Waals surface area contributed by atoms with Crippen LogP contribution in [-0.4, -0.2) is 23.0 Å². The zero-order valence-electron chi connectivity index (χ0n) is 10.8. The van der Waals surface area contributed by atoms with Crippen molar-refractivity contribution in [3.8, 4) is 0 Å². The third-order valence-corrected chi connectivity index (χ3v) is 3.47. The molecule has 0 radical (unpaired) electrons. The molecule has 0 bridgehead atoms. The number of amides is 1. The highest BCUT2D eigenvalue weighted by Gasteiger charge is 2.21. The van der Waals surface area contributed by atoms with Crippen LogP contribution in [0.4, 0.5) is 0 Å². The third-order valence-electron chi connectivity index (χ3n) is 3.47. The number of nitrogens with one attached hydrogen (secondary N) is 1. The first-order chi connectivity index (χ1) is 9.08. The highest BCUT2D eigenvalue weighted by Crippen LogP contribution is 2.20. The Balaban J connectivity index is 2.18. The smallest absolute Gasteiger partial charge is 0.328 e. The molecule has 1 aromatic carbocycles. The molecule has 0 spiro atoms. The summed E-state index contributed by atoms with van der Waals surface area (Å²) in [6.07, 6.45) is 5.85. The van der Waals surface area contributed by atoms with Gasteiger partial charge in [0.15, 0.2) is 0 Å². The maximum absolute atomic E-state index is 12.1. The van der Waals surface area contributed by atoms with E-state index in [0.29, 0.717) is 11.6 Å². The Kier molecular flexibility index (Phi) is 4.00. The number of hydrogen-bond acceptors (Lipinski definition) is 2. The first kappa shape index (κ1) is 13.3. The summed E-state index contributed by atoms with van der Waals surface area (Å²) in [5.74, 6) is -1.07. The van der Waals surface area contributed by atoms with Crippen LogP contribution in [0, 0.1) is 6.92 Å². The van der Waals surface area contributed by atoms with Crippen molar-refractivity contribution in [1.29, 1.82) is 0 Å². The Morgan fingerprint density at radius 3 is 2.68 bits per heavy atom. The Labute approximate surface area is 112 Å². The standard InChI is InChI=1S/C15H17NO3/c1-10-11(8-9-14(17)18)4-2-7-13(10)15(19)16-12-5-3-6-12/h2,4,7-9,12H,3,5-6H2,1H3,(H,16,19)(H,17,18). The van der Waals surface area contributed by atoms with Crippen LogP contribution in [0.1, 0.15) is 40.7 Å². The number of benzene rings is 1. The maximum Gasteiger partial charge on any atom is 0.328 e. The monoisotopic (exact) mass is 259 g/mol. The van der Waals surface area contributed by atoms with Crippen LogP contribution in [-0.2, 0) is 4.79 Å². The first-order valence-electron chi connectivity index (χ1n) is 6.39. The van der Waals surface area contributed by atoms with Crippen molar-refractivity contribution < 1.29 is 14.7 Å². The van der Waals surface area contributed by atoms with Crippen LogP contribution in [0.15, 0.2) is 24.3 Å². The van der Waals surface area contributed by atoms with Crippen molar-refractivity contribution >= 4 is 18.0 Å². The van der Waals surface area contributed by atoms with Crippen LogP contribution in [0.3, 0.4) is 0 Å². The predicted octanol–water partition coefficient (Wildman–Crippen LogP) is 2.38. The van der Waals surface area contributed by atoms with Crippen LogP contribution < -0.4 is 5.32 Å². The zero-order valence-corrected chi connectivity index (χ0v) is 10.8. The van der Waals surface area contributed by atoms with E-state index in [1.165, 1.54) is 12.5 Å². The molecule has 100 valence electrons. The van der Waals surface area contributed by atoms with E-state index in [4.69, 9.17) is 5.11 Å². The fourth-order valence-corrected chi connectivity index (χ4v) is 2.06. The van der Waals surface area contributed by atoms with Gasteiger partial charge in [-0.2, -0.15) is 0 Å². The van der Waals surface area contributed by atoms with Crippen molar-refractivity contribution in [3.63, 3.8) is 0 Å². The zero-order chi connectivity index (χ0) is 13.8. The van der Waals surface area contributed by atoms with Gasteiger partial charge in [0.25, 0.3) is 5.91 Å². The van der Waals surface area contributed by atoms with E-state index in [9.17, 15) is 9.59 Å². The molecule has 0 heterocycles. The molecule has 0 atom stereocenters. The van der Waals surface area contributed by atoms with Gasteiger partial charge in [-0.1, -0.05) is 12.1 Å². The van der Waals surface area contributed by atoms with Gasteiger partial charge in [0.2, 0.25) is 0 Å². The second kappa shape index (κ2) is 5.69. The third kappa shape index (κ3) is 3.22. The summed E-state index contributed by atoms with van der Waals surface area (Å²) in [6, 6.07) is 5.63. The van der Waals surface area contributed by atoms with E-state index in [1.54, 1.807) is 18.2 Å². The highest BCUT2D eigenvalue weighted by molar-refractivity contribution is 5.97. The summed E-state index contributed by atoms with van der Waals surface area (Å²) in [7, 11) is 0. The molecule has 0 aromatic heterocycles. The van der Waals surface area contributed by atoms with E-state index in [1.807, 2.05) is 6.92 Å². The number of carbonyl (C=O) groups is 2. The minimum absolute atomic E-state index is 0.0761. The molecular weight excluding hydrogens is 242 g/mol. The molecule has 0 aliphatic heterocycles. The number of carbonyl (C=O) groups excluding carboxylic acids is 1. The molecule has 1 aliphatic rings. The Bertz CT molecular complexity index is 530. The number of rotatable bonds is 4. The minimum atomic E-state index is -0.997. The molecule has 1 aliphatic carbocycles. The summed E-state index contributed by atoms with van der Waals surface area (Å²) in [6.45, 7) is 1.83. The molecule has 4 nitrogen and oxygen atoms in total. The van der Waals surface area contributed by atoms with Crippen molar-refractivity contribution in [2.45, 2.75) is 32.2 Å². The van der Waals surface area contributed by atoms with E-state index < -0.39 is 5.97 Å². The topological polar surface area (TPSA) is 66.4 Å². The SMILES string of the molecule is Cc1c(C=CC(=O)O)cccc1C(=O)NC1CCC1. The van der Waals surface area contributed by atoms with Gasteiger partial charge in [-0.05, 0) is 49.5 Å². The van der Waals surface area contributed by atoms with Crippen LogP contribution >= 0.6 is 0 Å². The molecule has 4 heteroatoms. The van der Waals surface area contributed by atoms with Crippen molar-refractivity contribution in [1.82, 2.24) is 5.32 Å². The van der Waals surface area contributed by atoms with Gasteiger partial charge in [-0.3, -0.25) is 4.79 Å². The molecule has 1 saturated carbocycles. The van der Waals surface area contributed by atoms with Gasteiger partial charge in [0, 0.05) is 17.7 Å². The Morgan fingerprint density at radius 2 is 2.11 bits per heavy atom. The van der Waals surface area contributed by atoms with E-state index in [2.05, 4.69) is 5.32 Å². The van der Waals surface area contributed by atoms with Crippen LogP contribution in [0.2, 0.25) is 0 Å². The molecule has 0 unspecified atom stereocenters.